The summed E-state index contributed by atoms with van der Waals surface area (Å²) < 4.78 is 6.41. The van der Waals surface area contributed by atoms with E-state index in [4.69, 9.17) is 4.74 Å². The topological polar surface area (TPSA) is 43.4 Å². The Labute approximate surface area is 149 Å². The van der Waals surface area contributed by atoms with Crippen LogP contribution in [0.25, 0.3) is 0 Å². The number of rotatable bonds is 3. The Morgan fingerprint density at radius 1 is 1.21 bits per heavy atom. The first-order valence-electron chi connectivity index (χ1n) is 8.75. The van der Waals surface area contributed by atoms with Gasteiger partial charge < -0.3 is 0 Å². The summed E-state index contributed by atoms with van der Waals surface area (Å²) >= 11 is 0.0753. The van der Waals surface area contributed by atoms with Crippen molar-refractivity contribution in [3.63, 3.8) is 0 Å². The predicted octanol–water partition coefficient (Wildman–Crippen LogP) is 2.76. The number of cyclic esters (lactones) is 1. The minimum absolute atomic E-state index is 0.0176. The SMILES string of the molecule is CC1(C)C[C@H]2C[C@](C=O)([Se]c3ccccc3)[C@@H]3COC(=O)C[C@]23C1. The van der Waals surface area contributed by atoms with Gasteiger partial charge in [0.05, 0.1) is 0 Å². The second-order valence-corrected chi connectivity index (χ2v) is 11.6. The Balaban J connectivity index is 1.73. The number of hydrogen-bond donors (Lipinski definition) is 0. The molecule has 3 fully saturated rings. The van der Waals surface area contributed by atoms with E-state index in [-0.39, 0.29) is 42.0 Å². The molecule has 1 spiro atoms. The van der Waals surface area contributed by atoms with Gasteiger partial charge in [-0.3, -0.25) is 0 Å². The Morgan fingerprint density at radius 3 is 2.67 bits per heavy atom. The van der Waals surface area contributed by atoms with Crippen molar-refractivity contribution < 1.29 is 14.3 Å². The van der Waals surface area contributed by atoms with Crippen LogP contribution in [0.3, 0.4) is 0 Å². The van der Waals surface area contributed by atoms with Gasteiger partial charge in [0.25, 0.3) is 0 Å². The second kappa shape index (κ2) is 5.44. The molecule has 4 atom stereocenters. The Bertz CT molecular complexity index is 671. The van der Waals surface area contributed by atoms with Gasteiger partial charge in [-0.2, -0.15) is 0 Å². The first kappa shape index (κ1) is 16.4. The molecule has 0 aromatic heterocycles. The van der Waals surface area contributed by atoms with E-state index in [1.54, 1.807) is 0 Å². The summed E-state index contributed by atoms with van der Waals surface area (Å²) in [6, 6.07) is 10.4. The van der Waals surface area contributed by atoms with Gasteiger partial charge >= 0.3 is 149 Å². The van der Waals surface area contributed by atoms with Crippen LogP contribution in [0, 0.1) is 22.7 Å². The van der Waals surface area contributed by atoms with Crippen molar-refractivity contribution in [2.24, 2.45) is 22.7 Å². The van der Waals surface area contributed by atoms with E-state index < -0.39 is 0 Å². The average molecular weight is 391 g/mol. The molecule has 3 aliphatic rings. The first-order chi connectivity index (χ1) is 11.4. The van der Waals surface area contributed by atoms with Gasteiger partial charge in [0.1, 0.15) is 0 Å². The van der Waals surface area contributed by atoms with E-state index >= 15 is 0 Å². The summed E-state index contributed by atoms with van der Waals surface area (Å²) in [5.74, 6) is 0.594. The number of hydrogen-bond acceptors (Lipinski definition) is 3. The van der Waals surface area contributed by atoms with E-state index in [2.05, 4.69) is 26.0 Å². The van der Waals surface area contributed by atoms with Gasteiger partial charge in [0.15, 0.2) is 0 Å². The van der Waals surface area contributed by atoms with E-state index in [1.807, 2.05) is 18.2 Å². The monoisotopic (exact) mass is 392 g/mol. The van der Waals surface area contributed by atoms with Crippen molar-refractivity contribution in [2.75, 3.05) is 6.61 Å². The van der Waals surface area contributed by atoms with Crippen LogP contribution in [-0.2, 0) is 14.3 Å². The fourth-order valence-corrected chi connectivity index (χ4v) is 8.95. The van der Waals surface area contributed by atoms with Crippen molar-refractivity contribution in [2.45, 2.75) is 43.8 Å². The summed E-state index contributed by atoms with van der Waals surface area (Å²) in [5, 5.41) is 0. The summed E-state index contributed by atoms with van der Waals surface area (Å²) in [6.45, 7) is 5.04. The summed E-state index contributed by atoms with van der Waals surface area (Å²) in [5.41, 5.74) is 0.242. The maximum atomic E-state index is 12.3. The molecule has 1 aromatic rings. The maximum absolute atomic E-state index is 12.3. The zero-order chi connectivity index (χ0) is 17.0. The van der Waals surface area contributed by atoms with Gasteiger partial charge in [-0.25, -0.2) is 0 Å². The van der Waals surface area contributed by atoms with Crippen molar-refractivity contribution in [3.05, 3.63) is 30.3 Å². The molecule has 0 unspecified atom stereocenters. The van der Waals surface area contributed by atoms with Crippen molar-refractivity contribution in [1.29, 1.82) is 0 Å². The van der Waals surface area contributed by atoms with Crippen LogP contribution in [0.15, 0.2) is 30.3 Å². The van der Waals surface area contributed by atoms with Crippen LogP contribution in [0.2, 0.25) is 4.31 Å². The molecule has 4 heteroatoms. The molecule has 128 valence electrons. The average Bonchev–Trinajstić information content (AvgIpc) is 2.90. The van der Waals surface area contributed by atoms with Crippen LogP contribution >= 0.6 is 0 Å². The summed E-state index contributed by atoms with van der Waals surface area (Å²) in [6.07, 6.45) is 4.82. The molecule has 0 radical (unpaired) electrons. The molecule has 0 bridgehead atoms. The van der Waals surface area contributed by atoms with Gasteiger partial charge in [-0.1, -0.05) is 0 Å². The molecule has 24 heavy (non-hydrogen) atoms. The Kier molecular flexibility index (Phi) is 3.71. The second-order valence-electron chi connectivity index (χ2n) is 8.58. The van der Waals surface area contributed by atoms with Gasteiger partial charge in [-0.15, -0.1) is 0 Å². The van der Waals surface area contributed by atoms with E-state index in [9.17, 15) is 9.59 Å². The third-order valence-electron chi connectivity index (χ3n) is 6.40. The molecule has 4 rings (SSSR count). The molecule has 1 aliphatic heterocycles. The Morgan fingerprint density at radius 2 is 1.96 bits per heavy atom. The van der Waals surface area contributed by atoms with Gasteiger partial charge in [0.2, 0.25) is 0 Å². The van der Waals surface area contributed by atoms with Crippen LogP contribution in [-0.4, -0.2) is 33.8 Å². The molecule has 3 nitrogen and oxygen atoms in total. The zero-order valence-electron chi connectivity index (χ0n) is 14.3. The number of ether oxygens (including phenoxy) is 1. The minimum atomic E-state index is -0.323. The molecular weight excluding hydrogens is 367 g/mol. The van der Waals surface area contributed by atoms with Crippen LogP contribution in [0.5, 0.6) is 0 Å². The van der Waals surface area contributed by atoms with Crippen molar-refractivity contribution in [1.82, 2.24) is 0 Å². The van der Waals surface area contributed by atoms with Crippen LogP contribution in [0.4, 0.5) is 0 Å². The number of benzene rings is 1. The molecular formula is C20H24O3Se. The molecule has 1 heterocycles. The van der Waals surface area contributed by atoms with E-state index in [0.717, 1.165) is 19.3 Å². The summed E-state index contributed by atoms with van der Waals surface area (Å²) in [7, 11) is 0. The number of aldehydes is 1. The molecule has 2 saturated carbocycles. The number of esters is 1. The standard InChI is InChI=1S/C20H24O3Se/c1-18(2)8-14-9-20(13-21,24-15-6-4-3-5-7-15)16-11-23-17(22)10-19(14,16)12-18/h3-7,13-14,16H,8-12H2,1-2H3/t14-,16+,19-,20+/m0/s1. The molecule has 1 saturated heterocycles. The third-order valence-corrected chi connectivity index (χ3v) is 9.42. The van der Waals surface area contributed by atoms with E-state index in [1.165, 1.54) is 10.7 Å². The first-order valence-corrected chi connectivity index (χ1v) is 10.5. The molecule has 0 amide bonds. The zero-order valence-corrected chi connectivity index (χ0v) is 16.0. The van der Waals surface area contributed by atoms with Crippen LogP contribution in [0.1, 0.15) is 39.5 Å². The fourth-order valence-electron chi connectivity index (χ4n) is 5.78. The normalized spacial score (nSPS) is 39.8. The van der Waals surface area contributed by atoms with Gasteiger partial charge in [-0.05, 0) is 0 Å². The molecule has 1 aromatic carbocycles. The van der Waals surface area contributed by atoms with Gasteiger partial charge in [0, 0.05) is 0 Å². The fraction of sp³-hybridized carbons (Fsp3) is 0.600. The number of carbonyl (C=O) groups is 2. The third kappa shape index (κ3) is 2.38. The van der Waals surface area contributed by atoms with Crippen LogP contribution < -0.4 is 4.46 Å². The van der Waals surface area contributed by atoms with Crippen molar-refractivity contribution >= 4 is 31.7 Å². The molecule has 0 N–H and O–H groups in total. The predicted molar refractivity (Wildman–Crippen MR) is 93.2 cm³/mol. The number of carbonyl (C=O) groups excluding carboxylic acids is 2. The van der Waals surface area contributed by atoms with E-state index in [0.29, 0.717) is 18.9 Å². The Hall–Kier alpha value is -1.12. The summed E-state index contributed by atoms with van der Waals surface area (Å²) in [4.78, 5) is 24.4. The molecule has 2 aliphatic carbocycles. The quantitative estimate of drug-likeness (QED) is 0.452. The van der Waals surface area contributed by atoms with Crippen molar-refractivity contribution in [3.8, 4) is 0 Å².